The molecule has 2 rings (SSSR count). The molecule has 0 saturated heterocycles. The minimum absolute atomic E-state index is 0.168. The van der Waals surface area contributed by atoms with Crippen molar-refractivity contribution in [2.75, 3.05) is 0 Å². The third kappa shape index (κ3) is 3.14. The van der Waals surface area contributed by atoms with Crippen LogP contribution in [-0.4, -0.2) is 6.04 Å². The van der Waals surface area contributed by atoms with E-state index in [0.29, 0.717) is 11.6 Å². The van der Waals surface area contributed by atoms with Crippen LogP contribution in [0.5, 0.6) is 0 Å². The summed E-state index contributed by atoms with van der Waals surface area (Å²) in [5, 5.41) is 3.49. The predicted molar refractivity (Wildman–Crippen MR) is 73.9 cm³/mol. The van der Waals surface area contributed by atoms with E-state index in [0.717, 1.165) is 12.5 Å². The highest BCUT2D eigenvalue weighted by atomic mass is 19.2. The lowest BCUT2D eigenvalue weighted by Gasteiger charge is -2.40. The summed E-state index contributed by atoms with van der Waals surface area (Å²) in [6.07, 6.45) is 4.75. The zero-order valence-electron chi connectivity index (χ0n) is 12.0. The third-order valence-electron chi connectivity index (χ3n) is 4.41. The maximum atomic E-state index is 13.8. The van der Waals surface area contributed by atoms with Crippen molar-refractivity contribution in [1.29, 1.82) is 0 Å². The Morgan fingerprint density at radius 3 is 2.68 bits per heavy atom. The number of hydrogen-bond acceptors (Lipinski definition) is 1. The van der Waals surface area contributed by atoms with E-state index in [1.165, 1.54) is 19.3 Å². The van der Waals surface area contributed by atoms with E-state index < -0.39 is 11.6 Å². The summed E-state index contributed by atoms with van der Waals surface area (Å²) in [6, 6.07) is 4.58. The Labute approximate surface area is 114 Å². The zero-order chi connectivity index (χ0) is 14.0. The van der Waals surface area contributed by atoms with Crippen LogP contribution in [0.15, 0.2) is 18.2 Å². The van der Waals surface area contributed by atoms with Crippen molar-refractivity contribution in [3.8, 4) is 0 Å². The number of benzene rings is 1. The van der Waals surface area contributed by atoms with Gasteiger partial charge in [0, 0.05) is 17.6 Å². The second-order valence-corrected chi connectivity index (χ2v) is 6.32. The van der Waals surface area contributed by atoms with Crippen LogP contribution in [0.4, 0.5) is 8.78 Å². The molecule has 0 heterocycles. The normalized spacial score (nSPS) is 24.2. The fourth-order valence-corrected chi connectivity index (χ4v) is 3.05. The number of rotatable bonds is 3. The molecule has 1 saturated carbocycles. The van der Waals surface area contributed by atoms with Crippen LogP contribution in [0.3, 0.4) is 0 Å². The Morgan fingerprint density at radius 2 is 2.00 bits per heavy atom. The fraction of sp³-hybridized carbons (Fsp3) is 0.625. The Bertz CT molecular complexity index is 442. The van der Waals surface area contributed by atoms with Gasteiger partial charge < -0.3 is 5.32 Å². The summed E-state index contributed by atoms with van der Waals surface area (Å²) in [7, 11) is 0. The van der Waals surface area contributed by atoms with Crippen molar-refractivity contribution in [3.05, 3.63) is 35.4 Å². The molecule has 0 spiro atoms. The highest BCUT2D eigenvalue weighted by molar-refractivity contribution is 5.22. The lowest BCUT2D eigenvalue weighted by molar-refractivity contribution is 0.157. The second kappa shape index (κ2) is 5.58. The molecule has 2 unspecified atom stereocenters. The first-order chi connectivity index (χ1) is 8.92. The summed E-state index contributed by atoms with van der Waals surface area (Å²) in [4.78, 5) is 0. The van der Waals surface area contributed by atoms with Crippen LogP contribution < -0.4 is 5.32 Å². The molecule has 2 atom stereocenters. The molecular formula is C16H23F2N. The average Bonchev–Trinajstić information content (AvgIpc) is 2.35. The minimum atomic E-state index is -0.769. The average molecular weight is 267 g/mol. The molecule has 0 amide bonds. The largest absolute Gasteiger partial charge is 0.307 e. The van der Waals surface area contributed by atoms with Gasteiger partial charge in [0.2, 0.25) is 0 Å². The highest BCUT2D eigenvalue weighted by Crippen LogP contribution is 2.36. The van der Waals surface area contributed by atoms with Crippen molar-refractivity contribution in [2.45, 2.75) is 58.5 Å². The third-order valence-corrected chi connectivity index (χ3v) is 4.41. The summed E-state index contributed by atoms with van der Waals surface area (Å²) in [5.74, 6) is -1.50. The molecular weight excluding hydrogens is 244 g/mol. The maximum absolute atomic E-state index is 13.8. The molecule has 1 aromatic carbocycles. The van der Waals surface area contributed by atoms with E-state index in [4.69, 9.17) is 0 Å². The standard InChI is InChI=1S/C16H23F2N/c1-11(12-7-6-8-13(17)15(12)18)19-14-9-4-5-10-16(14,2)3/h6-8,11,14,19H,4-5,9-10H2,1-3H3. The summed E-state index contributed by atoms with van der Waals surface area (Å²) < 4.78 is 27.1. The van der Waals surface area contributed by atoms with Crippen molar-refractivity contribution >= 4 is 0 Å². The summed E-state index contributed by atoms with van der Waals surface area (Å²) in [5.41, 5.74) is 0.637. The smallest absolute Gasteiger partial charge is 0.163 e. The van der Waals surface area contributed by atoms with E-state index in [1.54, 1.807) is 12.1 Å². The lowest BCUT2D eigenvalue weighted by atomic mass is 9.73. The summed E-state index contributed by atoms with van der Waals surface area (Å²) in [6.45, 7) is 6.40. The quantitative estimate of drug-likeness (QED) is 0.845. The van der Waals surface area contributed by atoms with E-state index in [-0.39, 0.29) is 11.5 Å². The molecule has 1 fully saturated rings. The number of nitrogens with one attached hydrogen (secondary N) is 1. The van der Waals surface area contributed by atoms with Crippen LogP contribution in [-0.2, 0) is 0 Å². The fourth-order valence-electron chi connectivity index (χ4n) is 3.05. The molecule has 1 aromatic rings. The molecule has 106 valence electrons. The van der Waals surface area contributed by atoms with Crippen molar-refractivity contribution in [2.24, 2.45) is 5.41 Å². The summed E-state index contributed by atoms with van der Waals surface area (Å²) >= 11 is 0. The predicted octanol–water partition coefficient (Wildman–Crippen LogP) is 4.58. The number of hydrogen-bond donors (Lipinski definition) is 1. The molecule has 0 aromatic heterocycles. The van der Waals surface area contributed by atoms with E-state index in [1.807, 2.05) is 6.92 Å². The Balaban J connectivity index is 2.12. The van der Waals surface area contributed by atoms with E-state index in [2.05, 4.69) is 19.2 Å². The maximum Gasteiger partial charge on any atom is 0.163 e. The highest BCUT2D eigenvalue weighted by Gasteiger charge is 2.33. The van der Waals surface area contributed by atoms with Gasteiger partial charge in [0.1, 0.15) is 0 Å². The van der Waals surface area contributed by atoms with Gasteiger partial charge in [-0.3, -0.25) is 0 Å². The van der Waals surface area contributed by atoms with Crippen LogP contribution in [0.25, 0.3) is 0 Å². The van der Waals surface area contributed by atoms with Gasteiger partial charge in [-0.25, -0.2) is 8.78 Å². The molecule has 0 radical (unpaired) electrons. The molecule has 19 heavy (non-hydrogen) atoms. The van der Waals surface area contributed by atoms with Crippen LogP contribution in [0.1, 0.15) is 58.1 Å². The first-order valence-corrected chi connectivity index (χ1v) is 7.12. The van der Waals surface area contributed by atoms with Crippen molar-refractivity contribution < 1.29 is 8.78 Å². The minimum Gasteiger partial charge on any atom is -0.307 e. The monoisotopic (exact) mass is 267 g/mol. The SMILES string of the molecule is CC(NC1CCCCC1(C)C)c1cccc(F)c1F. The molecule has 1 aliphatic carbocycles. The first-order valence-electron chi connectivity index (χ1n) is 7.12. The molecule has 1 aliphatic rings. The Morgan fingerprint density at radius 1 is 1.26 bits per heavy atom. The van der Waals surface area contributed by atoms with Gasteiger partial charge in [0.05, 0.1) is 0 Å². The van der Waals surface area contributed by atoms with Crippen molar-refractivity contribution in [3.63, 3.8) is 0 Å². The first kappa shape index (κ1) is 14.4. The van der Waals surface area contributed by atoms with Gasteiger partial charge in [-0.05, 0) is 31.2 Å². The molecule has 1 N–H and O–H groups in total. The van der Waals surface area contributed by atoms with E-state index in [9.17, 15) is 8.78 Å². The van der Waals surface area contributed by atoms with Crippen molar-refractivity contribution in [1.82, 2.24) is 5.32 Å². The topological polar surface area (TPSA) is 12.0 Å². The van der Waals surface area contributed by atoms with Gasteiger partial charge in [0.15, 0.2) is 11.6 Å². The van der Waals surface area contributed by atoms with Crippen LogP contribution in [0, 0.1) is 17.0 Å². The van der Waals surface area contributed by atoms with E-state index >= 15 is 0 Å². The number of halogens is 2. The Hall–Kier alpha value is -0.960. The molecule has 1 nitrogen and oxygen atoms in total. The molecule has 0 aliphatic heterocycles. The Kier molecular flexibility index (Phi) is 4.24. The molecule has 3 heteroatoms. The van der Waals surface area contributed by atoms with Gasteiger partial charge >= 0.3 is 0 Å². The van der Waals surface area contributed by atoms with Crippen LogP contribution in [0.2, 0.25) is 0 Å². The van der Waals surface area contributed by atoms with Crippen LogP contribution >= 0.6 is 0 Å². The van der Waals surface area contributed by atoms with Gasteiger partial charge in [-0.1, -0.05) is 38.8 Å². The van der Waals surface area contributed by atoms with Gasteiger partial charge in [-0.2, -0.15) is 0 Å². The lowest BCUT2D eigenvalue weighted by Crippen LogP contribution is -2.45. The molecule has 0 bridgehead atoms. The zero-order valence-corrected chi connectivity index (χ0v) is 12.0. The second-order valence-electron chi connectivity index (χ2n) is 6.32. The van der Waals surface area contributed by atoms with Gasteiger partial charge in [0.25, 0.3) is 0 Å². The van der Waals surface area contributed by atoms with Gasteiger partial charge in [-0.15, -0.1) is 0 Å².